The maximum atomic E-state index is 9.22. The number of aliphatic hydroxyl groups excluding tert-OH is 1. The molecule has 1 amide bonds. The second kappa shape index (κ2) is 12.4. The Labute approximate surface area is 97.9 Å². The molecule has 0 rings (SSSR count). The van der Waals surface area contributed by atoms with Crippen molar-refractivity contribution in [1.29, 1.82) is 0 Å². The van der Waals surface area contributed by atoms with E-state index < -0.39 is 0 Å². The van der Waals surface area contributed by atoms with Gasteiger partial charge in [-0.25, -0.2) is 0 Å². The summed E-state index contributed by atoms with van der Waals surface area (Å²) >= 11 is 0. The van der Waals surface area contributed by atoms with Gasteiger partial charge in [-0.15, -0.1) is 0 Å². The minimum atomic E-state index is -0.333. The molecule has 5 heteroatoms. The molecule has 2 unspecified atom stereocenters. The summed E-state index contributed by atoms with van der Waals surface area (Å²) in [6.45, 7) is 8.59. The van der Waals surface area contributed by atoms with Crippen molar-refractivity contribution in [2.45, 2.75) is 46.3 Å². The Kier molecular flexibility index (Phi) is 13.8. The summed E-state index contributed by atoms with van der Waals surface area (Å²) in [7, 11) is 0. The Hall–Kier alpha value is -0.650. The molecule has 0 saturated carbocycles. The molecule has 0 bridgehead atoms. The Balaban J connectivity index is 0. The van der Waals surface area contributed by atoms with Crippen molar-refractivity contribution >= 4 is 5.91 Å². The number of amides is 1. The van der Waals surface area contributed by atoms with E-state index in [0.29, 0.717) is 6.61 Å². The van der Waals surface area contributed by atoms with Crippen LogP contribution >= 0.6 is 0 Å². The van der Waals surface area contributed by atoms with Gasteiger partial charge >= 0.3 is 0 Å². The SMILES string of the molecule is CC(N)=O.CCCOC(C)COC(C)CO. The number of hydrogen-bond donors (Lipinski definition) is 2. The van der Waals surface area contributed by atoms with Gasteiger partial charge in [-0.05, 0) is 20.3 Å². The fraction of sp³-hybridized carbons (Fsp3) is 0.909. The van der Waals surface area contributed by atoms with Crippen molar-refractivity contribution in [3.63, 3.8) is 0 Å². The first kappa shape index (κ1) is 17.7. The highest BCUT2D eigenvalue weighted by Gasteiger charge is 2.04. The number of rotatable bonds is 7. The van der Waals surface area contributed by atoms with Gasteiger partial charge in [0, 0.05) is 13.5 Å². The number of carbonyl (C=O) groups is 1. The van der Waals surface area contributed by atoms with E-state index in [1.54, 1.807) is 0 Å². The predicted molar refractivity (Wildman–Crippen MR) is 63.1 cm³/mol. The van der Waals surface area contributed by atoms with Crippen molar-refractivity contribution < 1.29 is 19.4 Å². The zero-order valence-electron chi connectivity index (χ0n) is 10.7. The third kappa shape index (κ3) is 19.0. The molecule has 5 nitrogen and oxygen atoms in total. The van der Waals surface area contributed by atoms with Crippen molar-refractivity contribution in [2.75, 3.05) is 19.8 Å². The molecule has 0 spiro atoms. The van der Waals surface area contributed by atoms with E-state index in [2.05, 4.69) is 12.7 Å². The average molecular weight is 235 g/mol. The number of primary amides is 1. The second-order valence-electron chi connectivity index (χ2n) is 3.62. The van der Waals surface area contributed by atoms with E-state index in [-0.39, 0.29) is 24.7 Å². The molecule has 98 valence electrons. The molecule has 0 aromatic carbocycles. The van der Waals surface area contributed by atoms with E-state index in [1.165, 1.54) is 6.92 Å². The molecular formula is C11H25NO4. The lowest BCUT2D eigenvalue weighted by molar-refractivity contribution is -0.115. The molecular weight excluding hydrogens is 210 g/mol. The van der Waals surface area contributed by atoms with Crippen molar-refractivity contribution in [1.82, 2.24) is 0 Å². The van der Waals surface area contributed by atoms with E-state index in [4.69, 9.17) is 14.6 Å². The van der Waals surface area contributed by atoms with E-state index in [1.807, 2.05) is 13.8 Å². The van der Waals surface area contributed by atoms with Crippen LogP contribution in [0.15, 0.2) is 0 Å². The molecule has 0 saturated heterocycles. The number of hydrogen-bond acceptors (Lipinski definition) is 4. The standard InChI is InChI=1S/C9H20O3.C2H5NO/c1-4-5-11-9(3)7-12-8(2)6-10;1-2(3)4/h8-10H,4-7H2,1-3H3;1H3,(H2,3,4). The van der Waals surface area contributed by atoms with Gasteiger partial charge in [-0.2, -0.15) is 0 Å². The summed E-state index contributed by atoms with van der Waals surface area (Å²) in [6.07, 6.45) is 1.07. The second-order valence-corrected chi connectivity index (χ2v) is 3.62. The minimum Gasteiger partial charge on any atom is -0.394 e. The summed E-state index contributed by atoms with van der Waals surface area (Å²) in [5, 5.41) is 8.66. The quantitative estimate of drug-likeness (QED) is 0.680. The van der Waals surface area contributed by atoms with Crippen LogP contribution in [0.3, 0.4) is 0 Å². The predicted octanol–water partition coefficient (Wildman–Crippen LogP) is 0.690. The molecule has 0 aromatic rings. The first-order valence-electron chi connectivity index (χ1n) is 5.54. The van der Waals surface area contributed by atoms with Gasteiger partial charge in [0.1, 0.15) is 0 Å². The number of carbonyl (C=O) groups excluding carboxylic acids is 1. The van der Waals surface area contributed by atoms with Crippen LogP contribution in [0.1, 0.15) is 34.1 Å². The summed E-state index contributed by atoms with van der Waals surface area (Å²) < 4.78 is 10.7. The van der Waals surface area contributed by atoms with Crippen LogP contribution in [0.2, 0.25) is 0 Å². The van der Waals surface area contributed by atoms with Gasteiger partial charge in [0.05, 0.1) is 25.4 Å². The average Bonchev–Trinajstić information content (AvgIpc) is 2.22. The van der Waals surface area contributed by atoms with E-state index in [0.717, 1.165) is 13.0 Å². The van der Waals surface area contributed by atoms with E-state index in [9.17, 15) is 4.79 Å². The van der Waals surface area contributed by atoms with Gasteiger partial charge in [0.25, 0.3) is 0 Å². The third-order valence-corrected chi connectivity index (χ3v) is 1.48. The summed E-state index contributed by atoms with van der Waals surface area (Å²) in [4.78, 5) is 9.22. The largest absolute Gasteiger partial charge is 0.394 e. The van der Waals surface area contributed by atoms with Crippen LogP contribution in [-0.2, 0) is 14.3 Å². The van der Waals surface area contributed by atoms with Crippen LogP contribution < -0.4 is 5.73 Å². The molecule has 0 radical (unpaired) electrons. The normalized spacial score (nSPS) is 13.6. The molecule has 3 N–H and O–H groups in total. The van der Waals surface area contributed by atoms with Crippen LogP contribution in [0.25, 0.3) is 0 Å². The smallest absolute Gasteiger partial charge is 0.214 e. The highest BCUT2D eigenvalue weighted by atomic mass is 16.5. The lowest BCUT2D eigenvalue weighted by atomic mass is 10.4. The fourth-order valence-corrected chi connectivity index (χ4v) is 0.720. The highest BCUT2D eigenvalue weighted by molar-refractivity contribution is 5.70. The van der Waals surface area contributed by atoms with Crippen LogP contribution in [0.5, 0.6) is 0 Å². The van der Waals surface area contributed by atoms with Crippen molar-refractivity contribution in [3.05, 3.63) is 0 Å². The first-order chi connectivity index (χ1) is 7.43. The Bertz CT molecular complexity index is 160. The summed E-state index contributed by atoms with van der Waals surface area (Å²) in [5.74, 6) is -0.333. The highest BCUT2D eigenvalue weighted by Crippen LogP contribution is 1.96. The molecule has 2 atom stereocenters. The number of ether oxygens (including phenoxy) is 2. The molecule has 0 aromatic heterocycles. The van der Waals surface area contributed by atoms with Gasteiger partial charge in [-0.3, -0.25) is 4.79 Å². The van der Waals surface area contributed by atoms with Crippen LogP contribution in [0, 0.1) is 0 Å². The summed E-state index contributed by atoms with van der Waals surface area (Å²) in [6, 6.07) is 0. The number of aliphatic hydroxyl groups is 1. The van der Waals surface area contributed by atoms with Crippen LogP contribution in [0.4, 0.5) is 0 Å². The maximum Gasteiger partial charge on any atom is 0.214 e. The summed E-state index contributed by atoms with van der Waals surface area (Å²) in [5.41, 5.74) is 4.47. The molecule has 0 aliphatic rings. The van der Waals surface area contributed by atoms with Gasteiger partial charge in [-0.1, -0.05) is 6.92 Å². The lowest BCUT2D eigenvalue weighted by Gasteiger charge is -2.15. The minimum absolute atomic E-state index is 0.0699. The molecule has 16 heavy (non-hydrogen) atoms. The molecule has 0 fully saturated rings. The lowest BCUT2D eigenvalue weighted by Crippen LogP contribution is -2.22. The zero-order valence-corrected chi connectivity index (χ0v) is 10.7. The van der Waals surface area contributed by atoms with Gasteiger partial charge in [0.15, 0.2) is 0 Å². The Morgan fingerprint density at radius 2 is 1.81 bits per heavy atom. The molecule has 0 aliphatic carbocycles. The maximum absolute atomic E-state index is 9.22. The zero-order chi connectivity index (χ0) is 13.0. The first-order valence-corrected chi connectivity index (χ1v) is 5.54. The topological polar surface area (TPSA) is 81.8 Å². The Morgan fingerprint density at radius 1 is 1.31 bits per heavy atom. The molecule has 0 aliphatic heterocycles. The Morgan fingerprint density at radius 3 is 2.19 bits per heavy atom. The monoisotopic (exact) mass is 235 g/mol. The fourth-order valence-electron chi connectivity index (χ4n) is 0.720. The molecule has 0 heterocycles. The van der Waals surface area contributed by atoms with E-state index >= 15 is 0 Å². The number of nitrogens with two attached hydrogens (primary N) is 1. The third-order valence-electron chi connectivity index (χ3n) is 1.48. The van der Waals surface area contributed by atoms with Gasteiger partial charge < -0.3 is 20.3 Å². The van der Waals surface area contributed by atoms with Crippen LogP contribution in [-0.4, -0.2) is 43.0 Å². The van der Waals surface area contributed by atoms with Crippen molar-refractivity contribution in [2.24, 2.45) is 5.73 Å². The van der Waals surface area contributed by atoms with Crippen molar-refractivity contribution in [3.8, 4) is 0 Å². The van der Waals surface area contributed by atoms with Gasteiger partial charge in [0.2, 0.25) is 5.91 Å².